The molecule has 0 fully saturated rings. The van der Waals surface area contributed by atoms with Crippen molar-refractivity contribution in [2.24, 2.45) is 5.41 Å². The fraction of sp³-hybridized carbons (Fsp3) is 0.364. The van der Waals surface area contributed by atoms with Crippen LogP contribution in [0.2, 0.25) is 0 Å². The summed E-state index contributed by atoms with van der Waals surface area (Å²) in [4.78, 5) is 11.7. The first kappa shape index (κ1) is 10.0. The van der Waals surface area contributed by atoms with Gasteiger partial charge in [-0.1, -0.05) is 50.5 Å². The van der Waals surface area contributed by atoms with Crippen molar-refractivity contribution in [1.29, 1.82) is 0 Å². The van der Waals surface area contributed by atoms with Crippen molar-refractivity contribution in [2.45, 2.75) is 20.8 Å². The number of hydrogen-bond acceptors (Lipinski definition) is 1. The molecule has 0 aliphatic rings. The standard InChI is InChI=1S/C11H13BO/c1-11(2,3)10(13)8-4-6-9(12)7-5-8/h4-7H,1-3H3. The Labute approximate surface area is 80.6 Å². The second-order valence-corrected chi connectivity index (χ2v) is 4.20. The van der Waals surface area contributed by atoms with Crippen LogP contribution in [0.25, 0.3) is 0 Å². The molecule has 0 aliphatic heterocycles. The highest BCUT2D eigenvalue weighted by Gasteiger charge is 2.22. The summed E-state index contributed by atoms with van der Waals surface area (Å²) in [6, 6.07) is 7.03. The Morgan fingerprint density at radius 3 is 2.00 bits per heavy atom. The maximum Gasteiger partial charge on any atom is 0.168 e. The molecule has 66 valence electrons. The Hall–Kier alpha value is -1.05. The highest BCUT2D eigenvalue weighted by atomic mass is 16.1. The van der Waals surface area contributed by atoms with Crippen LogP contribution < -0.4 is 5.46 Å². The molecule has 0 bridgehead atoms. The minimum atomic E-state index is -0.323. The summed E-state index contributed by atoms with van der Waals surface area (Å²) < 4.78 is 0. The van der Waals surface area contributed by atoms with Gasteiger partial charge < -0.3 is 0 Å². The van der Waals surface area contributed by atoms with Gasteiger partial charge in [0.1, 0.15) is 7.85 Å². The Morgan fingerprint density at radius 2 is 1.62 bits per heavy atom. The Balaban J connectivity index is 2.97. The zero-order valence-corrected chi connectivity index (χ0v) is 8.29. The van der Waals surface area contributed by atoms with E-state index in [1.54, 1.807) is 24.3 Å². The smallest absolute Gasteiger partial charge is 0.168 e. The van der Waals surface area contributed by atoms with Crippen LogP contribution in [0.15, 0.2) is 24.3 Å². The quantitative estimate of drug-likeness (QED) is 0.465. The number of carbonyl (C=O) groups excluding carboxylic acids is 1. The fourth-order valence-corrected chi connectivity index (χ4v) is 1.07. The molecule has 0 N–H and O–H groups in total. The van der Waals surface area contributed by atoms with Crippen molar-refractivity contribution >= 4 is 19.1 Å². The van der Waals surface area contributed by atoms with Gasteiger partial charge >= 0.3 is 0 Å². The number of hydrogen-bond donors (Lipinski definition) is 0. The van der Waals surface area contributed by atoms with Gasteiger partial charge in [-0.05, 0) is 0 Å². The first-order chi connectivity index (χ1) is 5.91. The zero-order valence-electron chi connectivity index (χ0n) is 8.29. The average molecular weight is 172 g/mol. The second kappa shape index (κ2) is 3.37. The van der Waals surface area contributed by atoms with E-state index in [0.717, 1.165) is 5.56 Å². The molecule has 0 atom stereocenters. The number of rotatable bonds is 1. The highest BCUT2D eigenvalue weighted by Crippen LogP contribution is 2.19. The van der Waals surface area contributed by atoms with Gasteiger partial charge in [0.25, 0.3) is 0 Å². The van der Waals surface area contributed by atoms with Gasteiger partial charge in [0.05, 0.1) is 0 Å². The molecule has 0 heterocycles. The summed E-state index contributed by atoms with van der Waals surface area (Å²) in [7, 11) is 5.52. The Morgan fingerprint density at radius 1 is 1.15 bits per heavy atom. The molecule has 2 radical (unpaired) electrons. The SMILES string of the molecule is [B]c1ccc(C(=O)C(C)(C)C)cc1. The molecular weight excluding hydrogens is 159 g/mol. The van der Waals surface area contributed by atoms with E-state index in [9.17, 15) is 4.79 Å². The lowest BCUT2D eigenvalue weighted by Gasteiger charge is -2.16. The van der Waals surface area contributed by atoms with Gasteiger partial charge in [-0.3, -0.25) is 4.79 Å². The number of ketones is 1. The van der Waals surface area contributed by atoms with E-state index in [2.05, 4.69) is 0 Å². The summed E-state index contributed by atoms with van der Waals surface area (Å²) in [6.07, 6.45) is 0. The van der Waals surface area contributed by atoms with Crippen LogP contribution >= 0.6 is 0 Å². The Bertz CT molecular complexity index is 306. The van der Waals surface area contributed by atoms with E-state index in [0.29, 0.717) is 5.46 Å². The lowest BCUT2D eigenvalue weighted by Crippen LogP contribution is -2.20. The van der Waals surface area contributed by atoms with Gasteiger partial charge in [0.2, 0.25) is 0 Å². The molecule has 0 saturated carbocycles. The van der Waals surface area contributed by atoms with Gasteiger partial charge in [-0.15, -0.1) is 0 Å². The van der Waals surface area contributed by atoms with Crippen molar-refractivity contribution in [3.05, 3.63) is 29.8 Å². The minimum absolute atomic E-state index is 0.146. The van der Waals surface area contributed by atoms with Crippen LogP contribution in [0.5, 0.6) is 0 Å². The normalized spacial score (nSPS) is 11.3. The monoisotopic (exact) mass is 172 g/mol. The van der Waals surface area contributed by atoms with Gasteiger partial charge in [-0.2, -0.15) is 0 Å². The topological polar surface area (TPSA) is 17.1 Å². The van der Waals surface area contributed by atoms with Gasteiger partial charge in [0, 0.05) is 11.0 Å². The lowest BCUT2D eigenvalue weighted by molar-refractivity contribution is 0.0858. The number of carbonyl (C=O) groups is 1. The van der Waals surface area contributed by atoms with Crippen LogP contribution in [0.4, 0.5) is 0 Å². The molecule has 0 amide bonds. The molecule has 0 aromatic heterocycles. The molecule has 0 saturated heterocycles. The van der Waals surface area contributed by atoms with Crippen LogP contribution in [-0.4, -0.2) is 13.6 Å². The third kappa shape index (κ3) is 2.45. The van der Waals surface area contributed by atoms with E-state index in [-0.39, 0.29) is 11.2 Å². The lowest BCUT2D eigenvalue weighted by atomic mass is 9.85. The van der Waals surface area contributed by atoms with Crippen molar-refractivity contribution in [3.63, 3.8) is 0 Å². The number of benzene rings is 1. The minimum Gasteiger partial charge on any atom is -0.294 e. The summed E-state index contributed by atoms with van der Waals surface area (Å²) in [5, 5.41) is 0. The van der Waals surface area contributed by atoms with E-state index < -0.39 is 0 Å². The zero-order chi connectivity index (χ0) is 10.1. The average Bonchev–Trinajstić information content (AvgIpc) is 2.03. The predicted molar refractivity (Wildman–Crippen MR) is 55.6 cm³/mol. The maximum atomic E-state index is 11.7. The third-order valence-electron chi connectivity index (χ3n) is 1.85. The molecule has 1 rings (SSSR count). The molecule has 1 nitrogen and oxygen atoms in total. The molecular formula is C11H13BO. The van der Waals surface area contributed by atoms with Crippen molar-refractivity contribution in [3.8, 4) is 0 Å². The third-order valence-corrected chi connectivity index (χ3v) is 1.85. The first-order valence-electron chi connectivity index (χ1n) is 4.31. The maximum absolute atomic E-state index is 11.7. The molecule has 0 aliphatic carbocycles. The van der Waals surface area contributed by atoms with Crippen molar-refractivity contribution in [2.75, 3.05) is 0 Å². The van der Waals surface area contributed by atoms with E-state index in [1.165, 1.54) is 0 Å². The van der Waals surface area contributed by atoms with Crippen LogP contribution in [0.1, 0.15) is 31.1 Å². The summed E-state index contributed by atoms with van der Waals surface area (Å²) in [5.74, 6) is 0.146. The summed E-state index contributed by atoms with van der Waals surface area (Å²) in [5.41, 5.74) is 1.09. The van der Waals surface area contributed by atoms with E-state index in [1.807, 2.05) is 20.8 Å². The van der Waals surface area contributed by atoms with Gasteiger partial charge in [0.15, 0.2) is 5.78 Å². The van der Waals surface area contributed by atoms with Crippen LogP contribution in [0.3, 0.4) is 0 Å². The predicted octanol–water partition coefficient (Wildman–Crippen LogP) is 1.71. The summed E-state index contributed by atoms with van der Waals surface area (Å²) in [6.45, 7) is 5.73. The van der Waals surface area contributed by atoms with Gasteiger partial charge in [-0.25, -0.2) is 0 Å². The van der Waals surface area contributed by atoms with Crippen molar-refractivity contribution in [1.82, 2.24) is 0 Å². The van der Waals surface area contributed by atoms with Crippen LogP contribution in [0, 0.1) is 5.41 Å². The van der Waals surface area contributed by atoms with Crippen LogP contribution in [-0.2, 0) is 0 Å². The highest BCUT2D eigenvalue weighted by molar-refractivity contribution is 6.32. The summed E-state index contributed by atoms with van der Waals surface area (Å²) >= 11 is 0. The molecule has 1 aromatic rings. The largest absolute Gasteiger partial charge is 0.294 e. The first-order valence-corrected chi connectivity index (χ1v) is 4.31. The van der Waals surface area contributed by atoms with E-state index >= 15 is 0 Å². The Kier molecular flexibility index (Phi) is 2.60. The fourth-order valence-electron chi connectivity index (χ4n) is 1.07. The second-order valence-electron chi connectivity index (χ2n) is 4.20. The number of Topliss-reactive ketones (excluding diaryl/α,β-unsaturated/α-hetero) is 1. The molecule has 0 unspecified atom stereocenters. The molecule has 2 heteroatoms. The molecule has 0 spiro atoms. The molecule has 13 heavy (non-hydrogen) atoms. The van der Waals surface area contributed by atoms with Crippen molar-refractivity contribution < 1.29 is 4.79 Å². The van der Waals surface area contributed by atoms with E-state index in [4.69, 9.17) is 7.85 Å². The molecule has 1 aromatic carbocycles.